The summed E-state index contributed by atoms with van der Waals surface area (Å²) in [5.41, 5.74) is 3.10. The number of pyridine rings is 1. The number of nitrogens with zero attached hydrogens (tertiary/aromatic N) is 1. The third-order valence-electron chi connectivity index (χ3n) is 5.12. The molecule has 0 amide bonds. The van der Waals surface area contributed by atoms with Crippen molar-refractivity contribution < 1.29 is 13.2 Å². The number of H-pyrrole nitrogens is 1. The zero-order valence-corrected chi connectivity index (χ0v) is 17.7. The molecule has 0 atom stereocenters. The van der Waals surface area contributed by atoms with Crippen LogP contribution in [0.3, 0.4) is 0 Å². The van der Waals surface area contributed by atoms with E-state index >= 15 is 0 Å². The summed E-state index contributed by atoms with van der Waals surface area (Å²) in [5, 5.41) is 0. The molecule has 2 heterocycles. The van der Waals surface area contributed by atoms with Gasteiger partial charge in [-0.15, -0.1) is 0 Å². The minimum atomic E-state index is -3.30. The standard InChI is InChI=1S/C20H31N3O3S/c1-13(2)26-19-11-10-16-18(22-19)12-17(21-16)14-6-8-15(9-7-14)23-27(24,25)20(3,4)5/h10-15,21,23H,6-9H2,1-5H3/t14-,15-. The summed E-state index contributed by atoms with van der Waals surface area (Å²) in [6.07, 6.45) is 3.72. The Labute approximate surface area is 162 Å². The minimum Gasteiger partial charge on any atom is -0.475 e. The molecule has 2 N–H and O–H groups in total. The van der Waals surface area contributed by atoms with Gasteiger partial charge in [-0.1, -0.05) is 0 Å². The van der Waals surface area contributed by atoms with E-state index in [1.165, 1.54) is 5.69 Å². The van der Waals surface area contributed by atoms with Gasteiger partial charge < -0.3 is 9.72 Å². The van der Waals surface area contributed by atoms with Crippen LogP contribution < -0.4 is 9.46 Å². The number of hydrogen-bond donors (Lipinski definition) is 2. The molecule has 0 aliphatic heterocycles. The van der Waals surface area contributed by atoms with Crippen LogP contribution in [-0.4, -0.2) is 35.3 Å². The molecule has 7 heteroatoms. The highest BCUT2D eigenvalue weighted by Crippen LogP contribution is 2.34. The maximum absolute atomic E-state index is 12.4. The van der Waals surface area contributed by atoms with Crippen LogP contribution in [0.4, 0.5) is 0 Å². The lowest BCUT2D eigenvalue weighted by molar-refractivity contribution is 0.233. The second kappa shape index (κ2) is 7.43. The number of hydrogen-bond acceptors (Lipinski definition) is 4. The third kappa shape index (κ3) is 4.63. The first kappa shape index (κ1) is 20.1. The van der Waals surface area contributed by atoms with Crippen LogP contribution in [0.2, 0.25) is 0 Å². The fourth-order valence-corrected chi connectivity index (χ4v) is 4.48. The molecule has 1 fully saturated rings. The number of aromatic amines is 1. The van der Waals surface area contributed by atoms with Crippen molar-refractivity contribution in [3.63, 3.8) is 0 Å². The molecule has 0 saturated heterocycles. The number of ether oxygens (including phenoxy) is 1. The fraction of sp³-hybridized carbons (Fsp3) is 0.650. The smallest absolute Gasteiger partial charge is 0.216 e. The molecule has 0 aromatic carbocycles. The van der Waals surface area contributed by atoms with Crippen LogP contribution in [0, 0.1) is 0 Å². The van der Waals surface area contributed by atoms with Crippen molar-refractivity contribution in [2.75, 3.05) is 0 Å². The van der Waals surface area contributed by atoms with E-state index in [0.717, 1.165) is 36.7 Å². The average Bonchev–Trinajstić information content (AvgIpc) is 2.96. The summed E-state index contributed by atoms with van der Waals surface area (Å²) in [5.74, 6) is 1.05. The van der Waals surface area contributed by atoms with Gasteiger partial charge in [-0.25, -0.2) is 18.1 Å². The van der Waals surface area contributed by atoms with Crippen LogP contribution in [0.25, 0.3) is 11.0 Å². The van der Waals surface area contributed by atoms with E-state index in [1.54, 1.807) is 20.8 Å². The molecule has 2 aromatic heterocycles. The van der Waals surface area contributed by atoms with Crippen LogP contribution in [0.5, 0.6) is 5.88 Å². The Balaban J connectivity index is 1.66. The van der Waals surface area contributed by atoms with Crippen LogP contribution in [0.15, 0.2) is 18.2 Å². The predicted molar refractivity (Wildman–Crippen MR) is 109 cm³/mol. The first-order valence-electron chi connectivity index (χ1n) is 9.73. The zero-order valence-electron chi connectivity index (χ0n) is 16.9. The third-order valence-corrected chi connectivity index (χ3v) is 7.38. The molecule has 3 rings (SSSR count). The quantitative estimate of drug-likeness (QED) is 0.801. The van der Waals surface area contributed by atoms with E-state index in [1.807, 2.05) is 26.0 Å². The summed E-state index contributed by atoms with van der Waals surface area (Å²) in [6.45, 7) is 9.17. The van der Waals surface area contributed by atoms with Gasteiger partial charge in [0.1, 0.15) is 0 Å². The summed E-state index contributed by atoms with van der Waals surface area (Å²) in [4.78, 5) is 8.05. The van der Waals surface area contributed by atoms with Gasteiger partial charge in [-0.05, 0) is 78.4 Å². The molecule has 0 unspecified atom stereocenters. The molecular formula is C20H31N3O3S. The summed E-state index contributed by atoms with van der Waals surface area (Å²) >= 11 is 0. The number of fused-ring (bicyclic) bond motifs is 1. The Kier molecular flexibility index (Phi) is 5.54. The van der Waals surface area contributed by atoms with Gasteiger partial charge in [-0.3, -0.25) is 0 Å². The Morgan fingerprint density at radius 2 is 1.85 bits per heavy atom. The summed E-state index contributed by atoms with van der Waals surface area (Å²) in [7, 11) is -3.30. The largest absolute Gasteiger partial charge is 0.475 e. The van der Waals surface area contributed by atoms with Crippen LogP contribution in [-0.2, 0) is 10.0 Å². The van der Waals surface area contributed by atoms with E-state index in [0.29, 0.717) is 11.8 Å². The molecule has 0 radical (unpaired) electrons. The maximum Gasteiger partial charge on any atom is 0.216 e. The normalized spacial score (nSPS) is 21.7. The Morgan fingerprint density at radius 3 is 2.44 bits per heavy atom. The molecule has 0 spiro atoms. The molecule has 0 bridgehead atoms. The maximum atomic E-state index is 12.4. The average molecular weight is 394 g/mol. The monoisotopic (exact) mass is 393 g/mol. The highest BCUT2D eigenvalue weighted by molar-refractivity contribution is 7.90. The van der Waals surface area contributed by atoms with Crippen LogP contribution in [0.1, 0.15) is 71.9 Å². The second-order valence-corrected chi connectivity index (χ2v) is 11.2. The highest BCUT2D eigenvalue weighted by atomic mass is 32.2. The lowest BCUT2D eigenvalue weighted by Crippen LogP contribution is -2.45. The van der Waals surface area contributed by atoms with Gasteiger partial charge in [0.05, 0.1) is 21.9 Å². The Morgan fingerprint density at radius 1 is 1.19 bits per heavy atom. The topological polar surface area (TPSA) is 84.1 Å². The van der Waals surface area contributed by atoms with Crippen molar-refractivity contribution in [3.05, 3.63) is 23.9 Å². The molecule has 150 valence electrons. The molecule has 2 aromatic rings. The number of sulfonamides is 1. The number of aromatic nitrogens is 2. The predicted octanol–water partition coefficient (Wildman–Crippen LogP) is 4.09. The second-order valence-electron chi connectivity index (χ2n) is 8.76. The van der Waals surface area contributed by atoms with Crippen molar-refractivity contribution in [1.82, 2.24) is 14.7 Å². The van der Waals surface area contributed by atoms with Crippen molar-refractivity contribution >= 4 is 21.1 Å². The minimum absolute atomic E-state index is 0.0269. The van der Waals surface area contributed by atoms with E-state index in [2.05, 4.69) is 20.8 Å². The van der Waals surface area contributed by atoms with Crippen LogP contribution >= 0.6 is 0 Å². The molecule has 1 aliphatic carbocycles. The molecule has 1 saturated carbocycles. The van der Waals surface area contributed by atoms with Gasteiger partial charge in [0, 0.05) is 17.8 Å². The lowest BCUT2D eigenvalue weighted by Gasteiger charge is -2.31. The van der Waals surface area contributed by atoms with E-state index < -0.39 is 14.8 Å². The van der Waals surface area contributed by atoms with Gasteiger partial charge in [0.15, 0.2) is 0 Å². The highest BCUT2D eigenvalue weighted by Gasteiger charge is 2.33. The lowest BCUT2D eigenvalue weighted by atomic mass is 9.84. The molecule has 1 aliphatic rings. The van der Waals surface area contributed by atoms with Crippen molar-refractivity contribution in [3.8, 4) is 5.88 Å². The fourth-order valence-electron chi connectivity index (χ4n) is 3.46. The van der Waals surface area contributed by atoms with Gasteiger partial charge in [-0.2, -0.15) is 0 Å². The zero-order chi connectivity index (χ0) is 19.8. The molecule has 27 heavy (non-hydrogen) atoms. The SMILES string of the molecule is CC(C)Oc1ccc2[nH]c([C@H]3CC[C@H](NS(=O)(=O)C(C)(C)C)CC3)cc2n1. The van der Waals surface area contributed by atoms with Gasteiger partial charge >= 0.3 is 0 Å². The molecule has 6 nitrogen and oxygen atoms in total. The Bertz CT molecular complexity index is 889. The first-order chi connectivity index (χ1) is 12.5. The number of rotatable bonds is 5. The van der Waals surface area contributed by atoms with Crippen molar-refractivity contribution in [2.24, 2.45) is 0 Å². The van der Waals surface area contributed by atoms with E-state index in [-0.39, 0.29) is 12.1 Å². The summed E-state index contributed by atoms with van der Waals surface area (Å²) < 4.78 is 32.5. The number of nitrogens with one attached hydrogen (secondary N) is 2. The van der Waals surface area contributed by atoms with Crippen molar-refractivity contribution in [1.29, 1.82) is 0 Å². The van der Waals surface area contributed by atoms with E-state index in [9.17, 15) is 8.42 Å². The first-order valence-corrected chi connectivity index (χ1v) is 11.2. The Hall–Kier alpha value is -1.60. The summed E-state index contributed by atoms with van der Waals surface area (Å²) in [6, 6.07) is 6.03. The van der Waals surface area contributed by atoms with E-state index in [4.69, 9.17) is 4.74 Å². The molecular weight excluding hydrogens is 362 g/mol. The van der Waals surface area contributed by atoms with Gasteiger partial charge in [0.25, 0.3) is 0 Å². The van der Waals surface area contributed by atoms with Crippen molar-refractivity contribution in [2.45, 2.75) is 83.1 Å². The van der Waals surface area contributed by atoms with Gasteiger partial charge in [0.2, 0.25) is 15.9 Å².